The van der Waals surface area contributed by atoms with Crippen LogP contribution in [0.25, 0.3) is 11.3 Å². The molecule has 0 saturated carbocycles. The number of hydrogen-bond donors (Lipinski definition) is 2. The lowest BCUT2D eigenvalue weighted by Gasteiger charge is -2.44. The monoisotopic (exact) mass is 461 g/mol. The van der Waals surface area contributed by atoms with Crippen LogP contribution in [-0.4, -0.2) is 69.4 Å². The van der Waals surface area contributed by atoms with Gasteiger partial charge < -0.3 is 15.3 Å². The zero-order chi connectivity index (χ0) is 22.8. The fourth-order valence-electron chi connectivity index (χ4n) is 4.58. The van der Waals surface area contributed by atoms with Crippen LogP contribution >= 0.6 is 8.58 Å². The normalized spacial score (nSPS) is 20.7. The largest absolute Gasteiger partial charge is 0.388 e. The van der Waals surface area contributed by atoms with Crippen molar-refractivity contribution in [2.75, 3.05) is 49.1 Å². The summed E-state index contributed by atoms with van der Waals surface area (Å²) >= 11 is 0. The van der Waals surface area contributed by atoms with Gasteiger partial charge in [-0.05, 0) is 43.3 Å². The molecule has 1 unspecified atom stereocenters. The van der Waals surface area contributed by atoms with E-state index in [-0.39, 0.29) is 0 Å². The molecule has 0 amide bonds. The third-order valence-electron chi connectivity index (χ3n) is 6.13. The molecule has 0 radical (unpaired) electrons. The average Bonchev–Trinajstić information content (AvgIpc) is 3.34. The molecule has 2 saturated heterocycles. The summed E-state index contributed by atoms with van der Waals surface area (Å²) < 4.78 is 0. The number of anilines is 2. The van der Waals surface area contributed by atoms with Crippen LogP contribution < -0.4 is 10.2 Å². The lowest BCUT2D eigenvalue weighted by Crippen LogP contribution is -2.59. The second-order valence-corrected chi connectivity index (χ2v) is 10.5. The maximum atomic E-state index is 9.90. The van der Waals surface area contributed by atoms with E-state index < -0.39 is 5.60 Å². The van der Waals surface area contributed by atoms with Gasteiger partial charge in [-0.15, -0.1) is 0 Å². The SMILES string of the molecule is CC1(O)CN(CC2=CC=C(Nc3nccc(-c4cnc(N5CCCC5)c(C#N)c4)n3)CP2)C1. The number of nitriles is 1. The topological polar surface area (TPSA) is 101 Å². The van der Waals surface area contributed by atoms with E-state index in [1.54, 1.807) is 12.4 Å². The predicted molar refractivity (Wildman–Crippen MR) is 131 cm³/mol. The van der Waals surface area contributed by atoms with E-state index in [0.29, 0.717) is 20.1 Å². The maximum absolute atomic E-state index is 9.90. The Kier molecular flexibility index (Phi) is 6.11. The van der Waals surface area contributed by atoms with Gasteiger partial charge in [0.25, 0.3) is 0 Å². The number of pyridine rings is 1. The predicted octanol–water partition coefficient (Wildman–Crippen LogP) is 2.95. The van der Waals surface area contributed by atoms with Crippen molar-refractivity contribution in [1.82, 2.24) is 19.9 Å². The standard InChI is InChI=1S/C24H28N7OP/c1-24(32)15-30(16-24)13-20-5-4-19(14-33-20)28-23-26-7-6-21(29-23)18-10-17(11-25)22(27-12-18)31-8-2-3-9-31/h4-7,10,12,32-33H,2-3,8-9,13-16H2,1H3,(H,26,28,29). The summed E-state index contributed by atoms with van der Waals surface area (Å²) in [5.41, 5.74) is 2.70. The first-order chi connectivity index (χ1) is 16.0. The highest BCUT2D eigenvalue weighted by Crippen LogP contribution is 2.33. The molecule has 5 rings (SSSR count). The van der Waals surface area contributed by atoms with Crippen molar-refractivity contribution < 1.29 is 5.11 Å². The molecule has 2 N–H and O–H groups in total. The van der Waals surface area contributed by atoms with Crippen LogP contribution in [0.15, 0.2) is 47.7 Å². The Bertz CT molecular complexity index is 1140. The molecule has 9 heteroatoms. The van der Waals surface area contributed by atoms with E-state index in [1.807, 2.05) is 19.1 Å². The van der Waals surface area contributed by atoms with Crippen molar-refractivity contribution in [1.29, 1.82) is 5.26 Å². The number of rotatable bonds is 6. The van der Waals surface area contributed by atoms with Gasteiger partial charge in [0, 0.05) is 62.5 Å². The Morgan fingerprint density at radius 3 is 2.76 bits per heavy atom. The maximum Gasteiger partial charge on any atom is 0.227 e. The first kappa shape index (κ1) is 22.0. The summed E-state index contributed by atoms with van der Waals surface area (Å²) in [6.07, 6.45) is 11.0. The molecular formula is C24H28N7OP. The van der Waals surface area contributed by atoms with Gasteiger partial charge in [0.05, 0.1) is 16.9 Å². The minimum atomic E-state index is -0.527. The van der Waals surface area contributed by atoms with E-state index in [4.69, 9.17) is 0 Å². The van der Waals surface area contributed by atoms with Gasteiger partial charge in [0.2, 0.25) is 5.95 Å². The quantitative estimate of drug-likeness (QED) is 0.634. The fraction of sp³-hybridized carbons (Fsp3) is 0.417. The number of hydrogen-bond acceptors (Lipinski definition) is 8. The summed E-state index contributed by atoms with van der Waals surface area (Å²) in [6.45, 7) is 6.19. The molecule has 2 aromatic rings. The van der Waals surface area contributed by atoms with Crippen LogP contribution in [0.5, 0.6) is 0 Å². The number of nitrogens with one attached hydrogen (secondary N) is 1. The molecule has 0 aromatic carbocycles. The van der Waals surface area contributed by atoms with Crippen molar-refractivity contribution in [2.45, 2.75) is 25.4 Å². The smallest absolute Gasteiger partial charge is 0.227 e. The van der Waals surface area contributed by atoms with Gasteiger partial charge in [0.15, 0.2) is 0 Å². The number of likely N-dealkylation sites (tertiary alicyclic amines) is 1. The minimum Gasteiger partial charge on any atom is -0.388 e. The van der Waals surface area contributed by atoms with E-state index in [1.165, 1.54) is 5.31 Å². The molecule has 33 heavy (non-hydrogen) atoms. The Morgan fingerprint density at radius 1 is 1.24 bits per heavy atom. The van der Waals surface area contributed by atoms with Crippen molar-refractivity contribution >= 4 is 20.3 Å². The summed E-state index contributed by atoms with van der Waals surface area (Å²) in [5.74, 6) is 1.31. The van der Waals surface area contributed by atoms with Gasteiger partial charge in [-0.3, -0.25) is 4.90 Å². The number of β-amino-alcohol motifs (C(OH)–C–C–N with tert-alkyl or cyclic N) is 1. The van der Waals surface area contributed by atoms with E-state index in [0.717, 1.165) is 74.5 Å². The first-order valence-electron chi connectivity index (χ1n) is 11.3. The molecule has 170 valence electrons. The van der Waals surface area contributed by atoms with E-state index >= 15 is 0 Å². The van der Waals surface area contributed by atoms with Gasteiger partial charge in [-0.1, -0.05) is 14.7 Å². The second-order valence-electron chi connectivity index (χ2n) is 9.17. The van der Waals surface area contributed by atoms with Gasteiger partial charge in [-0.25, -0.2) is 15.0 Å². The van der Waals surface area contributed by atoms with Crippen LogP contribution in [0.4, 0.5) is 11.8 Å². The van der Waals surface area contributed by atoms with Crippen LogP contribution in [0.3, 0.4) is 0 Å². The minimum absolute atomic E-state index is 0.527. The Balaban J connectivity index is 1.27. The summed E-state index contributed by atoms with van der Waals surface area (Å²) in [5, 5.41) is 24.3. The highest BCUT2D eigenvalue weighted by atomic mass is 31.1. The lowest BCUT2D eigenvalue weighted by atomic mass is 9.97. The number of aliphatic hydroxyl groups is 1. The second kappa shape index (κ2) is 9.18. The Labute approximate surface area is 195 Å². The molecule has 0 spiro atoms. The van der Waals surface area contributed by atoms with Gasteiger partial charge >= 0.3 is 0 Å². The van der Waals surface area contributed by atoms with E-state index in [9.17, 15) is 10.4 Å². The van der Waals surface area contributed by atoms with Gasteiger partial charge in [-0.2, -0.15) is 5.26 Å². The summed E-state index contributed by atoms with van der Waals surface area (Å²) in [4.78, 5) is 18.1. The van der Waals surface area contributed by atoms with Crippen LogP contribution in [0.2, 0.25) is 0 Å². The van der Waals surface area contributed by atoms with Crippen LogP contribution in [-0.2, 0) is 0 Å². The van der Waals surface area contributed by atoms with Crippen molar-refractivity contribution in [3.8, 4) is 17.3 Å². The third kappa shape index (κ3) is 5.06. The number of aromatic nitrogens is 3. The number of allylic oxidation sites excluding steroid dienone is 3. The fourth-order valence-corrected chi connectivity index (χ4v) is 5.74. The van der Waals surface area contributed by atoms with E-state index in [2.05, 4.69) is 48.3 Å². The number of nitrogens with zero attached hydrogens (tertiary/aromatic N) is 6. The third-order valence-corrected chi connectivity index (χ3v) is 7.47. The summed E-state index contributed by atoms with van der Waals surface area (Å²) in [7, 11) is 0.706. The molecule has 0 bridgehead atoms. The lowest BCUT2D eigenvalue weighted by molar-refractivity contribution is -0.0781. The summed E-state index contributed by atoms with van der Waals surface area (Å²) in [6, 6.07) is 6.01. The van der Waals surface area contributed by atoms with Crippen molar-refractivity contribution in [2.24, 2.45) is 0 Å². The molecule has 3 aliphatic heterocycles. The zero-order valence-electron chi connectivity index (χ0n) is 18.8. The van der Waals surface area contributed by atoms with Crippen LogP contribution in [0, 0.1) is 11.3 Å². The van der Waals surface area contributed by atoms with Gasteiger partial charge in [0.1, 0.15) is 11.9 Å². The first-order valence-corrected chi connectivity index (χ1v) is 12.5. The molecule has 8 nitrogen and oxygen atoms in total. The molecular weight excluding hydrogens is 433 g/mol. The highest BCUT2D eigenvalue weighted by Gasteiger charge is 2.36. The van der Waals surface area contributed by atoms with Crippen molar-refractivity contribution in [3.05, 3.63) is 53.3 Å². The molecule has 3 aliphatic rings. The van der Waals surface area contributed by atoms with Crippen LogP contribution in [0.1, 0.15) is 25.3 Å². The zero-order valence-corrected chi connectivity index (χ0v) is 19.8. The molecule has 2 fully saturated rings. The molecule has 0 aliphatic carbocycles. The Hall–Kier alpha value is -2.85. The molecule has 2 aromatic heterocycles. The molecule has 5 heterocycles. The van der Waals surface area contributed by atoms with Crippen molar-refractivity contribution in [3.63, 3.8) is 0 Å². The highest BCUT2D eigenvalue weighted by molar-refractivity contribution is 7.43. The molecule has 1 atom stereocenters. The average molecular weight is 462 g/mol. The Morgan fingerprint density at radius 2 is 2.06 bits per heavy atom.